The van der Waals surface area contributed by atoms with Crippen molar-refractivity contribution in [2.24, 2.45) is 0 Å². The van der Waals surface area contributed by atoms with Gasteiger partial charge in [0, 0.05) is 18.8 Å². The summed E-state index contributed by atoms with van der Waals surface area (Å²) in [5.74, 6) is 0.448. The van der Waals surface area contributed by atoms with Crippen molar-refractivity contribution >= 4 is 23.3 Å². The molecule has 1 unspecified atom stereocenters. The molecule has 5 nitrogen and oxygen atoms in total. The number of carbonyl (C=O) groups is 1. The minimum atomic E-state index is -0.0708. The number of carbonyl (C=O) groups excluding carboxylic acids is 1. The maximum Gasteiger partial charge on any atom is 0.239 e. The number of aromatic nitrogens is 1. The van der Waals surface area contributed by atoms with Crippen molar-refractivity contribution in [1.82, 2.24) is 9.88 Å². The lowest BCUT2D eigenvalue weighted by atomic mass is 10.2. The van der Waals surface area contributed by atoms with Crippen LogP contribution in [0.2, 0.25) is 5.02 Å². The Hall–Kier alpha value is -1.17. The molecular formula is C12H16ClN3O2. The number of nitrogens with one attached hydrogen (secondary N) is 1. The first kappa shape index (κ1) is 13.3. The van der Waals surface area contributed by atoms with Gasteiger partial charge in [0.05, 0.1) is 24.8 Å². The molecule has 1 saturated heterocycles. The summed E-state index contributed by atoms with van der Waals surface area (Å²) in [4.78, 5) is 18.0. The zero-order valence-corrected chi connectivity index (χ0v) is 11.0. The Bertz CT molecular complexity index is 410. The Labute approximate surface area is 111 Å². The van der Waals surface area contributed by atoms with Gasteiger partial charge in [-0.2, -0.15) is 0 Å². The van der Waals surface area contributed by atoms with Crippen molar-refractivity contribution in [2.75, 3.05) is 31.6 Å². The number of halogens is 1. The van der Waals surface area contributed by atoms with Crippen LogP contribution in [-0.4, -0.2) is 48.1 Å². The van der Waals surface area contributed by atoms with Crippen molar-refractivity contribution in [1.29, 1.82) is 0 Å². The Balaban J connectivity index is 1.86. The second kappa shape index (κ2) is 6.13. The smallest absolute Gasteiger partial charge is 0.239 e. The number of ether oxygens (including phenoxy) is 1. The summed E-state index contributed by atoms with van der Waals surface area (Å²) in [6, 6.07) is 3.65. The highest BCUT2D eigenvalue weighted by molar-refractivity contribution is 6.30. The highest BCUT2D eigenvalue weighted by Crippen LogP contribution is 2.10. The van der Waals surface area contributed by atoms with E-state index in [9.17, 15) is 4.79 Å². The molecule has 1 aliphatic heterocycles. The first-order valence-electron chi connectivity index (χ1n) is 5.88. The van der Waals surface area contributed by atoms with Crippen molar-refractivity contribution in [3.05, 3.63) is 23.4 Å². The monoisotopic (exact) mass is 269 g/mol. The standard InChI is InChI=1S/C12H16ClN3O2/c1-9-8-18-5-4-16(9)7-12(17)15-11-3-2-10(13)6-14-11/h2-3,6,9H,4-5,7-8H2,1H3,(H,14,15,17). The van der Waals surface area contributed by atoms with Crippen LogP contribution in [0.15, 0.2) is 18.3 Å². The van der Waals surface area contributed by atoms with Gasteiger partial charge in [-0.05, 0) is 19.1 Å². The summed E-state index contributed by atoms with van der Waals surface area (Å²) in [5, 5.41) is 3.30. The van der Waals surface area contributed by atoms with Gasteiger partial charge in [0.25, 0.3) is 0 Å². The Morgan fingerprint density at radius 1 is 1.67 bits per heavy atom. The molecule has 0 aliphatic carbocycles. The molecule has 1 amide bonds. The van der Waals surface area contributed by atoms with E-state index in [4.69, 9.17) is 16.3 Å². The van der Waals surface area contributed by atoms with Crippen LogP contribution in [0.1, 0.15) is 6.92 Å². The average molecular weight is 270 g/mol. The number of hydrogen-bond donors (Lipinski definition) is 1. The predicted octanol–water partition coefficient (Wildman–Crippen LogP) is 1.39. The SMILES string of the molecule is CC1COCCN1CC(=O)Nc1ccc(Cl)cn1. The Kier molecular flexibility index (Phi) is 4.52. The molecular weight excluding hydrogens is 254 g/mol. The Morgan fingerprint density at radius 2 is 2.50 bits per heavy atom. The summed E-state index contributed by atoms with van der Waals surface area (Å²) in [6.45, 7) is 4.54. The highest BCUT2D eigenvalue weighted by Gasteiger charge is 2.21. The third-order valence-corrected chi connectivity index (χ3v) is 3.07. The van der Waals surface area contributed by atoms with Gasteiger partial charge >= 0.3 is 0 Å². The molecule has 1 atom stereocenters. The topological polar surface area (TPSA) is 54.5 Å². The molecule has 0 bridgehead atoms. The molecule has 98 valence electrons. The Morgan fingerprint density at radius 3 is 3.17 bits per heavy atom. The molecule has 6 heteroatoms. The molecule has 0 saturated carbocycles. The minimum absolute atomic E-state index is 0.0708. The molecule has 0 spiro atoms. The number of pyridine rings is 1. The number of amides is 1. The number of hydrogen-bond acceptors (Lipinski definition) is 4. The fraction of sp³-hybridized carbons (Fsp3) is 0.500. The molecule has 0 radical (unpaired) electrons. The van der Waals surface area contributed by atoms with Gasteiger partial charge in [-0.3, -0.25) is 9.69 Å². The van der Waals surface area contributed by atoms with Crippen LogP contribution in [-0.2, 0) is 9.53 Å². The van der Waals surface area contributed by atoms with E-state index in [0.717, 1.165) is 6.54 Å². The number of rotatable bonds is 3. The van der Waals surface area contributed by atoms with Gasteiger partial charge in [0.2, 0.25) is 5.91 Å². The van der Waals surface area contributed by atoms with Crippen molar-refractivity contribution in [3.8, 4) is 0 Å². The van der Waals surface area contributed by atoms with Crippen LogP contribution in [0.25, 0.3) is 0 Å². The molecule has 1 aliphatic rings. The number of anilines is 1. The van der Waals surface area contributed by atoms with E-state index in [1.807, 2.05) is 6.92 Å². The summed E-state index contributed by atoms with van der Waals surface area (Å²) in [5.41, 5.74) is 0. The fourth-order valence-electron chi connectivity index (χ4n) is 1.81. The molecule has 18 heavy (non-hydrogen) atoms. The van der Waals surface area contributed by atoms with Gasteiger partial charge in [0.1, 0.15) is 5.82 Å². The maximum atomic E-state index is 11.8. The number of morpholine rings is 1. The van der Waals surface area contributed by atoms with E-state index in [1.54, 1.807) is 12.1 Å². The molecule has 2 rings (SSSR count). The largest absolute Gasteiger partial charge is 0.379 e. The van der Waals surface area contributed by atoms with Crippen LogP contribution in [0.4, 0.5) is 5.82 Å². The van der Waals surface area contributed by atoms with Crippen molar-refractivity contribution < 1.29 is 9.53 Å². The summed E-state index contributed by atoms with van der Waals surface area (Å²) in [6.07, 6.45) is 1.51. The summed E-state index contributed by atoms with van der Waals surface area (Å²) < 4.78 is 5.32. The molecule has 1 fully saturated rings. The lowest BCUT2D eigenvalue weighted by molar-refractivity contribution is -0.119. The summed E-state index contributed by atoms with van der Waals surface area (Å²) in [7, 11) is 0. The maximum absolute atomic E-state index is 11.8. The van der Waals surface area contributed by atoms with E-state index in [1.165, 1.54) is 6.20 Å². The first-order valence-corrected chi connectivity index (χ1v) is 6.26. The van der Waals surface area contributed by atoms with Gasteiger partial charge < -0.3 is 10.1 Å². The molecule has 2 heterocycles. The highest BCUT2D eigenvalue weighted by atomic mass is 35.5. The van der Waals surface area contributed by atoms with Crippen LogP contribution in [0, 0.1) is 0 Å². The normalized spacial score (nSPS) is 20.7. The lowest BCUT2D eigenvalue weighted by Gasteiger charge is -2.32. The van der Waals surface area contributed by atoms with Crippen LogP contribution in [0.5, 0.6) is 0 Å². The van der Waals surface area contributed by atoms with E-state index >= 15 is 0 Å². The second-order valence-corrected chi connectivity index (χ2v) is 4.74. The van der Waals surface area contributed by atoms with Crippen LogP contribution >= 0.6 is 11.6 Å². The van der Waals surface area contributed by atoms with Gasteiger partial charge in [-0.25, -0.2) is 4.98 Å². The minimum Gasteiger partial charge on any atom is -0.379 e. The fourth-order valence-corrected chi connectivity index (χ4v) is 1.92. The molecule has 1 aromatic rings. The van der Waals surface area contributed by atoms with Crippen molar-refractivity contribution in [3.63, 3.8) is 0 Å². The number of nitrogens with zero attached hydrogens (tertiary/aromatic N) is 2. The predicted molar refractivity (Wildman–Crippen MR) is 69.7 cm³/mol. The van der Waals surface area contributed by atoms with E-state index < -0.39 is 0 Å². The van der Waals surface area contributed by atoms with Crippen molar-refractivity contribution in [2.45, 2.75) is 13.0 Å². The van der Waals surface area contributed by atoms with Gasteiger partial charge in [-0.15, -0.1) is 0 Å². The quantitative estimate of drug-likeness (QED) is 0.901. The molecule has 1 N–H and O–H groups in total. The summed E-state index contributed by atoms with van der Waals surface area (Å²) >= 11 is 5.73. The van der Waals surface area contributed by atoms with Crippen LogP contribution < -0.4 is 5.32 Å². The first-order chi connectivity index (χ1) is 8.65. The third-order valence-electron chi connectivity index (χ3n) is 2.85. The van der Waals surface area contributed by atoms with E-state index in [2.05, 4.69) is 15.2 Å². The van der Waals surface area contributed by atoms with Crippen LogP contribution in [0.3, 0.4) is 0 Å². The average Bonchev–Trinajstić information content (AvgIpc) is 2.35. The van der Waals surface area contributed by atoms with Gasteiger partial charge in [0.15, 0.2) is 0 Å². The van der Waals surface area contributed by atoms with Gasteiger partial charge in [-0.1, -0.05) is 11.6 Å². The zero-order valence-electron chi connectivity index (χ0n) is 10.2. The lowest BCUT2D eigenvalue weighted by Crippen LogP contribution is -2.47. The zero-order chi connectivity index (χ0) is 13.0. The third kappa shape index (κ3) is 3.66. The molecule has 0 aromatic carbocycles. The van der Waals surface area contributed by atoms with E-state index in [0.29, 0.717) is 30.6 Å². The second-order valence-electron chi connectivity index (χ2n) is 4.30. The molecule has 1 aromatic heterocycles. The van der Waals surface area contributed by atoms with E-state index in [-0.39, 0.29) is 11.9 Å².